The fourth-order valence-electron chi connectivity index (χ4n) is 0.758. The summed E-state index contributed by atoms with van der Waals surface area (Å²) in [6, 6.07) is 0. The van der Waals surface area contributed by atoms with Crippen molar-refractivity contribution >= 4 is 5.91 Å². The third-order valence-electron chi connectivity index (χ3n) is 1.42. The minimum atomic E-state index is -0.0556. The van der Waals surface area contributed by atoms with Crippen molar-refractivity contribution < 1.29 is 9.90 Å². The van der Waals surface area contributed by atoms with Crippen molar-refractivity contribution in [1.29, 1.82) is 0 Å². The van der Waals surface area contributed by atoms with Crippen LogP contribution in [-0.2, 0) is 4.79 Å². The first-order valence-corrected chi connectivity index (χ1v) is 3.41. The maximum absolute atomic E-state index is 11.0. The van der Waals surface area contributed by atoms with Gasteiger partial charge in [-0.1, -0.05) is 6.92 Å². The maximum Gasteiger partial charge on any atom is 0.224 e. The van der Waals surface area contributed by atoms with E-state index >= 15 is 0 Å². The normalized spacial score (nSPS) is 12.8. The van der Waals surface area contributed by atoms with E-state index in [-0.39, 0.29) is 18.4 Å². The molecule has 0 aliphatic rings. The minimum Gasteiger partial charge on any atom is -0.396 e. The monoisotopic (exact) mass is 145 g/mol. The van der Waals surface area contributed by atoms with Crippen molar-refractivity contribution in [3.8, 4) is 0 Å². The molecule has 0 aliphatic carbocycles. The molecule has 0 aliphatic heterocycles. The maximum atomic E-state index is 11.0. The number of aliphatic hydroxyl groups excluding tert-OH is 1. The Kier molecular flexibility index (Phi) is 4.03. The molecule has 0 saturated heterocycles. The molecule has 1 amide bonds. The molecule has 0 aromatic rings. The summed E-state index contributed by atoms with van der Waals surface area (Å²) in [4.78, 5) is 12.6. The zero-order valence-electron chi connectivity index (χ0n) is 6.79. The number of carbonyl (C=O) groups is 1. The van der Waals surface area contributed by atoms with Gasteiger partial charge in [0.25, 0.3) is 0 Å². The molecule has 0 radical (unpaired) electrons. The van der Waals surface area contributed by atoms with Crippen molar-refractivity contribution in [2.75, 3.05) is 20.7 Å². The van der Waals surface area contributed by atoms with Gasteiger partial charge >= 0.3 is 0 Å². The summed E-state index contributed by atoms with van der Waals surface area (Å²) >= 11 is 0. The molecule has 0 saturated carbocycles. The van der Waals surface area contributed by atoms with Crippen LogP contribution in [0.15, 0.2) is 0 Å². The fourth-order valence-corrected chi connectivity index (χ4v) is 0.758. The number of carbonyl (C=O) groups excluding carboxylic acids is 1. The lowest BCUT2D eigenvalue weighted by Gasteiger charge is -2.15. The molecule has 0 aromatic carbocycles. The molecule has 1 unspecified atom stereocenters. The highest BCUT2D eigenvalue weighted by atomic mass is 16.3. The van der Waals surface area contributed by atoms with Crippen LogP contribution >= 0.6 is 0 Å². The number of rotatable bonds is 3. The molecule has 3 heteroatoms. The lowest BCUT2D eigenvalue weighted by atomic mass is 10.1. The standard InChI is InChI=1S/C7H15NO2/c1-6(4-5-9)7(10)8(2)3/h6,9H,4-5H2,1-3H3. The fraction of sp³-hybridized carbons (Fsp3) is 0.857. The zero-order chi connectivity index (χ0) is 8.15. The van der Waals surface area contributed by atoms with Crippen LogP contribution in [0, 0.1) is 5.92 Å². The molecule has 0 heterocycles. The van der Waals surface area contributed by atoms with E-state index in [4.69, 9.17) is 5.11 Å². The molecular weight excluding hydrogens is 130 g/mol. The molecule has 10 heavy (non-hydrogen) atoms. The number of hydrogen-bond acceptors (Lipinski definition) is 2. The molecule has 0 aromatic heterocycles. The Bertz CT molecular complexity index is 112. The van der Waals surface area contributed by atoms with Gasteiger partial charge in [-0.05, 0) is 6.42 Å². The summed E-state index contributed by atoms with van der Waals surface area (Å²) in [6.45, 7) is 1.90. The van der Waals surface area contributed by atoms with Crippen LogP contribution in [0.25, 0.3) is 0 Å². The van der Waals surface area contributed by atoms with Crippen LogP contribution in [0.2, 0.25) is 0 Å². The minimum absolute atomic E-state index is 0.0556. The van der Waals surface area contributed by atoms with Crippen molar-refractivity contribution in [2.45, 2.75) is 13.3 Å². The third kappa shape index (κ3) is 2.82. The van der Waals surface area contributed by atoms with Crippen molar-refractivity contribution in [3.63, 3.8) is 0 Å². The molecule has 0 bridgehead atoms. The number of hydrogen-bond donors (Lipinski definition) is 1. The smallest absolute Gasteiger partial charge is 0.224 e. The van der Waals surface area contributed by atoms with Crippen molar-refractivity contribution in [2.24, 2.45) is 5.92 Å². The van der Waals surface area contributed by atoms with E-state index in [1.807, 2.05) is 6.92 Å². The Labute approximate surface area is 61.6 Å². The first-order valence-electron chi connectivity index (χ1n) is 3.41. The zero-order valence-corrected chi connectivity index (χ0v) is 6.79. The average molecular weight is 145 g/mol. The van der Waals surface area contributed by atoms with Gasteiger partial charge in [-0.15, -0.1) is 0 Å². The average Bonchev–Trinajstić information content (AvgIpc) is 1.87. The van der Waals surface area contributed by atoms with Crippen LogP contribution in [0.5, 0.6) is 0 Å². The highest BCUT2D eigenvalue weighted by molar-refractivity contribution is 5.77. The van der Waals surface area contributed by atoms with E-state index in [0.717, 1.165) is 0 Å². The first-order chi connectivity index (χ1) is 4.59. The Hall–Kier alpha value is -0.570. The molecule has 3 nitrogen and oxygen atoms in total. The van der Waals surface area contributed by atoms with Crippen LogP contribution in [0.4, 0.5) is 0 Å². The SMILES string of the molecule is CC(CCO)C(=O)N(C)C. The predicted octanol–water partition coefficient (Wildman–Crippen LogP) is 0.0931. The second-order valence-electron chi connectivity index (χ2n) is 2.65. The molecule has 0 rings (SSSR count). The van der Waals surface area contributed by atoms with Gasteiger partial charge in [0.1, 0.15) is 0 Å². The molecule has 60 valence electrons. The van der Waals surface area contributed by atoms with E-state index < -0.39 is 0 Å². The lowest BCUT2D eigenvalue weighted by Crippen LogP contribution is -2.28. The van der Waals surface area contributed by atoms with Gasteiger partial charge in [0.2, 0.25) is 5.91 Å². The number of amides is 1. The van der Waals surface area contributed by atoms with E-state index in [0.29, 0.717) is 6.42 Å². The van der Waals surface area contributed by atoms with E-state index in [1.54, 1.807) is 19.0 Å². The Morgan fingerprint density at radius 2 is 2.10 bits per heavy atom. The van der Waals surface area contributed by atoms with Crippen LogP contribution < -0.4 is 0 Å². The quantitative estimate of drug-likeness (QED) is 0.611. The summed E-state index contributed by atoms with van der Waals surface area (Å²) < 4.78 is 0. The largest absolute Gasteiger partial charge is 0.396 e. The van der Waals surface area contributed by atoms with Gasteiger partial charge < -0.3 is 10.0 Å². The van der Waals surface area contributed by atoms with E-state index in [1.165, 1.54) is 0 Å². The number of aliphatic hydroxyl groups is 1. The van der Waals surface area contributed by atoms with Crippen molar-refractivity contribution in [3.05, 3.63) is 0 Å². The van der Waals surface area contributed by atoms with E-state index in [9.17, 15) is 4.79 Å². The highest BCUT2D eigenvalue weighted by Gasteiger charge is 2.12. The summed E-state index contributed by atoms with van der Waals surface area (Å²) in [5.41, 5.74) is 0. The molecule has 1 atom stereocenters. The molecule has 0 fully saturated rings. The van der Waals surface area contributed by atoms with Gasteiger partial charge in [0.15, 0.2) is 0 Å². The van der Waals surface area contributed by atoms with Gasteiger partial charge in [-0.25, -0.2) is 0 Å². The second kappa shape index (κ2) is 4.28. The third-order valence-corrected chi connectivity index (χ3v) is 1.42. The molecule has 1 N–H and O–H groups in total. The van der Waals surface area contributed by atoms with Gasteiger partial charge in [0.05, 0.1) is 0 Å². The summed E-state index contributed by atoms with van der Waals surface area (Å²) in [5, 5.41) is 8.50. The Morgan fingerprint density at radius 3 is 2.40 bits per heavy atom. The highest BCUT2D eigenvalue weighted by Crippen LogP contribution is 2.02. The van der Waals surface area contributed by atoms with Crippen LogP contribution in [0.1, 0.15) is 13.3 Å². The summed E-state index contributed by atoms with van der Waals surface area (Å²) in [7, 11) is 3.44. The van der Waals surface area contributed by atoms with Gasteiger partial charge in [-0.2, -0.15) is 0 Å². The Morgan fingerprint density at radius 1 is 1.60 bits per heavy atom. The van der Waals surface area contributed by atoms with Crippen LogP contribution in [0.3, 0.4) is 0 Å². The summed E-state index contributed by atoms with van der Waals surface area (Å²) in [5.74, 6) is 0.0223. The topological polar surface area (TPSA) is 40.5 Å². The number of nitrogens with zero attached hydrogens (tertiary/aromatic N) is 1. The molecule has 0 spiro atoms. The van der Waals surface area contributed by atoms with Gasteiger partial charge in [0, 0.05) is 26.6 Å². The summed E-state index contributed by atoms with van der Waals surface area (Å²) in [6.07, 6.45) is 0.553. The second-order valence-corrected chi connectivity index (χ2v) is 2.65. The van der Waals surface area contributed by atoms with E-state index in [2.05, 4.69) is 0 Å². The first kappa shape index (κ1) is 9.43. The predicted molar refractivity (Wildman–Crippen MR) is 39.6 cm³/mol. The van der Waals surface area contributed by atoms with Crippen molar-refractivity contribution in [1.82, 2.24) is 4.90 Å². The van der Waals surface area contributed by atoms with Crippen LogP contribution in [-0.4, -0.2) is 36.6 Å². The molecular formula is C7H15NO2. The van der Waals surface area contributed by atoms with Gasteiger partial charge in [-0.3, -0.25) is 4.79 Å². The Balaban J connectivity index is 3.71. The lowest BCUT2D eigenvalue weighted by molar-refractivity contribution is -0.132.